The summed E-state index contributed by atoms with van der Waals surface area (Å²) < 4.78 is 1.91. The standard InChI is InChI=1S/C24H22N4/c1-17-21(15-28-16-23(26-27-28)19-9-3-2-4-10-19)14-20-12-7-11-18-8-5-6-13-22(18)24(20)25-17/h2-6,8-10,13-14,16H,7,11-12,15H2,1H3. The Kier molecular flexibility index (Phi) is 4.24. The lowest BCUT2D eigenvalue weighted by molar-refractivity contribution is 0.644. The molecule has 2 aromatic carbocycles. The molecule has 5 rings (SSSR count). The van der Waals surface area contributed by atoms with E-state index in [9.17, 15) is 0 Å². The van der Waals surface area contributed by atoms with E-state index in [0.29, 0.717) is 6.54 Å². The van der Waals surface area contributed by atoms with Crippen LogP contribution >= 0.6 is 0 Å². The Morgan fingerprint density at radius 2 is 1.71 bits per heavy atom. The van der Waals surface area contributed by atoms with E-state index in [1.165, 1.54) is 22.3 Å². The molecule has 0 radical (unpaired) electrons. The number of pyridine rings is 1. The molecule has 0 amide bonds. The van der Waals surface area contributed by atoms with Crippen LogP contribution in [0.25, 0.3) is 22.5 Å². The fraction of sp³-hybridized carbons (Fsp3) is 0.208. The van der Waals surface area contributed by atoms with Crippen LogP contribution in [0.15, 0.2) is 66.9 Å². The number of nitrogens with zero attached hydrogens (tertiary/aromatic N) is 4. The lowest BCUT2D eigenvalue weighted by atomic mass is 10.00. The minimum atomic E-state index is 0.688. The van der Waals surface area contributed by atoms with Crippen LogP contribution in [-0.2, 0) is 19.4 Å². The van der Waals surface area contributed by atoms with Crippen LogP contribution in [0.1, 0.15) is 28.8 Å². The molecule has 0 saturated heterocycles. The second kappa shape index (κ2) is 7.04. The first kappa shape index (κ1) is 16.9. The van der Waals surface area contributed by atoms with E-state index in [1.807, 2.05) is 29.1 Å². The monoisotopic (exact) mass is 366 g/mol. The molecule has 0 atom stereocenters. The topological polar surface area (TPSA) is 43.6 Å². The molecule has 0 bridgehead atoms. The summed E-state index contributed by atoms with van der Waals surface area (Å²) in [6.45, 7) is 2.78. The molecule has 0 unspecified atom stereocenters. The Morgan fingerprint density at radius 1 is 0.929 bits per heavy atom. The predicted molar refractivity (Wildman–Crippen MR) is 111 cm³/mol. The molecule has 1 aliphatic rings. The van der Waals surface area contributed by atoms with Crippen molar-refractivity contribution in [1.29, 1.82) is 0 Å². The lowest BCUT2D eigenvalue weighted by Gasteiger charge is -2.13. The molecule has 2 heterocycles. The minimum Gasteiger partial charge on any atom is -0.252 e. The van der Waals surface area contributed by atoms with Crippen LogP contribution in [0.3, 0.4) is 0 Å². The third kappa shape index (κ3) is 3.11. The van der Waals surface area contributed by atoms with Gasteiger partial charge in [0, 0.05) is 16.8 Å². The van der Waals surface area contributed by atoms with Crippen molar-refractivity contribution in [2.75, 3.05) is 0 Å². The van der Waals surface area contributed by atoms with Gasteiger partial charge in [0.05, 0.1) is 18.4 Å². The number of aryl methyl sites for hydroxylation is 3. The van der Waals surface area contributed by atoms with Crippen molar-refractivity contribution in [2.24, 2.45) is 0 Å². The van der Waals surface area contributed by atoms with Crippen molar-refractivity contribution in [3.63, 3.8) is 0 Å². The zero-order valence-electron chi connectivity index (χ0n) is 16.0. The summed E-state index contributed by atoms with van der Waals surface area (Å²) in [5.41, 5.74) is 9.44. The van der Waals surface area contributed by atoms with Crippen LogP contribution in [0.5, 0.6) is 0 Å². The van der Waals surface area contributed by atoms with Gasteiger partial charge in [-0.15, -0.1) is 5.10 Å². The molecule has 4 aromatic rings. The molecule has 138 valence electrons. The van der Waals surface area contributed by atoms with Gasteiger partial charge in [-0.25, -0.2) is 4.68 Å². The first-order chi connectivity index (χ1) is 13.8. The van der Waals surface area contributed by atoms with Gasteiger partial charge in [-0.1, -0.05) is 59.8 Å². The molecule has 0 spiro atoms. The molecule has 2 aromatic heterocycles. The maximum absolute atomic E-state index is 5.01. The predicted octanol–water partition coefficient (Wildman–Crippen LogP) is 4.85. The van der Waals surface area contributed by atoms with Gasteiger partial charge in [0.1, 0.15) is 5.69 Å². The highest BCUT2D eigenvalue weighted by Gasteiger charge is 2.17. The van der Waals surface area contributed by atoms with E-state index >= 15 is 0 Å². The Bertz CT molecular complexity index is 1130. The number of rotatable bonds is 3. The van der Waals surface area contributed by atoms with Crippen LogP contribution in [0.4, 0.5) is 0 Å². The molecular formula is C24H22N4. The third-order valence-electron chi connectivity index (χ3n) is 5.50. The van der Waals surface area contributed by atoms with Crippen molar-refractivity contribution >= 4 is 0 Å². The molecule has 28 heavy (non-hydrogen) atoms. The fourth-order valence-corrected chi connectivity index (χ4v) is 4.01. The van der Waals surface area contributed by atoms with Crippen LogP contribution < -0.4 is 0 Å². The normalized spacial score (nSPS) is 12.9. The summed E-state index contributed by atoms with van der Waals surface area (Å²) in [6.07, 6.45) is 5.35. The van der Waals surface area contributed by atoms with Gasteiger partial charge in [-0.3, -0.25) is 4.98 Å². The fourth-order valence-electron chi connectivity index (χ4n) is 4.01. The summed E-state index contributed by atoms with van der Waals surface area (Å²) in [7, 11) is 0. The minimum absolute atomic E-state index is 0.688. The number of aromatic nitrogens is 4. The summed E-state index contributed by atoms with van der Waals surface area (Å²) in [5.74, 6) is 0. The number of hydrogen-bond acceptors (Lipinski definition) is 3. The van der Waals surface area contributed by atoms with Crippen molar-refractivity contribution in [3.05, 3.63) is 89.2 Å². The highest BCUT2D eigenvalue weighted by Crippen LogP contribution is 2.32. The van der Waals surface area contributed by atoms with Gasteiger partial charge >= 0.3 is 0 Å². The van der Waals surface area contributed by atoms with Gasteiger partial charge in [-0.05, 0) is 48.9 Å². The molecule has 4 heteroatoms. The van der Waals surface area contributed by atoms with E-state index in [0.717, 1.165) is 41.9 Å². The highest BCUT2D eigenvalue weighted by atomic mass is 15.4. The molecule has 4 nitrogen and oxygen atoms in total. The average Bonchev–Trinajstić information content (AvgIpc) is 3.12. The second-order valence-electron chi connectivity index (χ2n) is 7.42. The van der Waals surface area contributed by atoms with Gasteiger partial charge in [0.2, 0.25) is 0 Å². The van der Waals surface area contributed by atoms with Crippen molar-refractivity contribution in [3.8, 4) is 22.5 Å². The van der Waals surface area contributed by atoms with Crippen molar-refractivity contribution < 1.29 is 0 Å². The Balaban J connectivity index is 1.48. The van der Waals surface area contributed by atoms with Gasteiger partial charge < -0.3 is 0 Å². The van der Waals surface area contributed by atoms with E-state index in [4.69, 9.17) is 4.98 Å². The average molecular weight is 366 g/mol. The largest absolute Gasteiger partial charge is 0.252 e. The van der Waals surface area contributed by atoms with E-state index < -0.39 is 0 Å². The summed E-state index contributed by atoms with van der Waals surface area (Å²) in [5, 5.41) is 8.67. The van der Waals surface area contributed by atoms with E-state index in [1.54, 1.807) is 0 Å². The summed E-state index contributed by atoms with van der Waals surface area (Å²) in [4.78, 5) is 5.01. The first-order valence-electron chi connectivity index (χ1n) is 9.81. The second-order valence-corrected chi connectivity index (χ2v) is 7.42. The first-order valence-corrected chi connectivity index (χ1v) is 9.81. The number of fused-ring (bicyclic) bond motifs is 3. The Hall–Kier alpha value is -3.27. The van der Waals surface area contributed by atoms with Crippen molar-refractivity contribution in [1.82, 2.24) is 20.0 Å². The van der Waals surface area contributed by atoms with Crippen LogP contribution in [-0.4, -0.2) is 20.0 Å². The smallest absolute Gasteiger partial charge is 0.113 e. The maximum Gasteiger partial charge on any atom is 0.113 e. The molecule has 0 saturated carbocycles. The van der Waals surface area contributed by atoms with Gasteiger partial charge in [-0.2, -0.15) is 0 Å². The third-order valence-corrected chi connectivity index (χ3v) is 5.50. The number of hydrogen-bond donors (Lipinski definition) is 0. The van der Waals surface area contributed by atoms with Crippen LogP contribution in [0, 0.1) is 6.92 Å². The molecule has 1 aliphatic carbocycles. The maximum atomic E-state index is 5.01. The highest BCUT2D eigenvalue weighted by molar-refractivity contribution is 5.68. The molecule has 0 fully saturated rings. The summed E-state index contributed by atoms with van der Waals surface area (Å²) in [6, 6.07) is 21.2. The quantitative estimate of drug-likeness (QED) is 0.520. The van der Waals surface area contributed by atoms with E-state index in [2.05, 4.69) is 59.7 Å². The zero-order chi connectivity index (χ0) is 18.9. The van der Waals surface area contributed by atoms with E-state index in [-0.39, 0.29) is 0 Å². The molecule has 0 aliphatic heterocycles. The van der Waals surface area contributed by atoms with Gasteiger partial charge in [0.15, 0.2) is 0 Å². The number of benzene rings is 2. The van der Waals surface area contributed by atoms with Crippen LogP contribution in [0.2, 0.25) is 0 Å². The SMILES string of the molecule is Cc1nc2c(cc1Cn1cc(-c3ccccc3)nn1)CCCc1ccccc1-2. The lowest BCUT2D eigenvalue weighted by Crippen LogP contribution is -2.06. The molecule has 0 N–H and O–H groups in total. The Labute approximate surface area is 164 Å². The summed E-state index contributed by atoms with van der Waals surface area (Å²) >= 11 is 0. The molecular weight excluding hydrogens is 344 g/mol. The van der Waals surface area contributed by atoms with Gasteiger partial charge in [0.25, 0.3) is 0 Å². The Morgan fingerprint density at radius 3 is 2.61 bits per heavy atom. The van der Waals surface area contributed by atoms with Crippen molar-refractivity contribution in [2.45, 2.75) is 32.7 Å². The zero-order valence-corrected chi connectivity index (χ0v) is 16.0.